The van der Waals surface area contributed by atoms with E-state index < -0.39 is 6.98 Å². The molecule has 0 amide bonds. The van der Waals surface area contributed by atoms with Crippen molar-refractivity contribution in [2.75, 3.05) is 20.1 Å². The van der Waals surface area contributed by atoms with Gasteiger partial charge in [0.15, 0.2) is 0 Å². The summed E-state index contributed by atoms with van der Waals surface area (Å²) in [7, 11) is 0. The van der Waals surface area contributed by atoms with E-state index in [0.717, 1.165) is 19.5 Å². The molecule has 0 saturated carbocycles. The van der Waals surface area contributed by atoms with Crippen LogP contribution in [0.25, 0.3) is 0 Å². The van der Waals surface area contributed by atoms with Gasteiger partial charge in [-0.2, -0.15) is 0 Å². The Kier molecular flexibility index (Phi) is 2.32. The first-order valence-electron chi connectivity index (χ1n) is 5.72. The first-order valence-corrected chi connectivity index (χ1v) is 4.22. The number of rotatable bonds is 1. The van der Waals surface area contributed by atoms with Gasteiger partial charge in [-0.3, -0.25) is 4.90 Å². The molecule has 0 aliphatic carbocycles. The molecule has 0 spiro atoms. The maximum atomic E-state index is 7.20. The molecule has 3 saturated heterocycles. The SMILES string of the molecule is Cl.Cl.[2H]C([2H])([2H])N[C@@H]1[C@H]2C3CCN2C[C@H]1O3. The van der Waals surface area contributed by atoms with Crippen molar-refractivity contribution in [3.8, 4) is 0 Å². The van der Waals surface area contributed by atoms with Crippen molar-refractivity contribution in [1.82, 2.24) is 10.2 Å². The van der Waals surface area contributed by atoms with Crippen LogP contribution in [-0.2, 0) is 4.74 Å². The van der Waals surface area contributed by atoms with Crippen molar-refractivity contribution in [3.63, 3.8) is 0 Å². The van der Waals surface area contributed by atoms with E-state index in [-0.39, 0.29) is 43.1 Å². The summed E-state index contributed by atoms with van der Waals surface area (Å²) in [6, 6.07) is 0.315. The van der Waals surface area contributed by atoms with Crippen LogP contribution in [0.4, 0.5) is 0 Å². The van der Waals surface area contributed by atoms with Gasteiger partial charge in [0, 0.05) is 17.2 Å². The summed E-state index contributed by atoms with van der Waals surface area (Å²) in [5.74, 6) is 0. The molecule has 0 aromatic carbocycles. The van der Waals surface area contributed by atoms with Crippen molar-refractivity contribution in [2.45, 2.75) is 30.7 Å². The van der Waals surface area contributed by atoms with Crippen LogP contribution in [0.2, 0.25) is 0 Å². The van der Waals surface area contributed by atoms with E-state index in [0.29, 0.717) is 6.04 Å². The average Bonchev–Trinajstić information content (AvgIpc) is 2.58. The summed E-state index contributed by atoms with van der Waals surface area (Å²) in [5.41, 5.74) is 0. The highest BCUT2D eigenvalue weighted by Crippen LogP contribution is 2.39. The van der Waals surface area contributed by atoms with E-state index in [1.54, 1.807) is 0 Å². The van der Waals surface area contributed by atoms with Crippen LogP contribution in [0, 0.1) is 0 Å². The van der Waals surface area contributed by atoms with E-state index in [2.05, 4.69) is 10.2 Å². The van der Waals surface area contributed by atoms with Crippen LogP contribution in [0.3, 0.4) is 0 Å². The summed E-state index contributed by atoms with van der Waals surface area (Å²) in [4.78, 5) is 2.35. The smallest absolute Gasteiger partial charge is 0.0875 e. The molecule has 3 heterocycles. The largest absolute Gasteiger partial charge is 0.370 e. The third kappa shape index (κ3) is 1.38. The normalized spacial score (nSPS) is 50.3. The zero-order valence-corrected chi connectivity index (χ0v) is 8.74. The molecule has 3 rings (SSSR count). The lowest BCUT2D eigenvalue weighted by molar-refractivity contribution is 0.00833. The monoisotopic (exact) mass is 229 g/mol. The zero-order chi connectivity index (χ0) is 9.92. The lowest BCUT2D eigenvalue weighted by Gasteiger charge is -2.21. The van der Waals surface area contributed by atoms with Crippen LogP contribution in [0.1, 0.15) is 10.5 Å². The minimum atomic E-state index is -2.04. The first kappa shape index (κ1) is 7.71. The zero-order valence-electron chi connectivity index (χ0n) is 10.1. The second-order valence-electron chi connectivity index (χ2n) is 3.66. The fourth-order valence-corrected chi connectivity index (χ4v) is 2.76. The summed E-state index contributed by atoms with van der Waals surface area (Å²) in [5, 5.41) is 2.71. The van der Waals surface area contributed by atoms with Gasteiger partial charge < -0.3 is 10.1 Å². The Bertz CT molecular complexity index is 252. The molecule has 13 heavy (non-hydrogen) atoms. The number of hydrogen-bond donors (Lipinski definition) is 1. The highest BCUT2D eigenvalue weighted by molar-refractivity contribution is 5.85. The van der Waals surface area contributed by atoms with E-state index in [1.165, 1.54) is 0 Å². The molecule has 3 nitrogen and oxygen atoms in total. The van der Waals surface area contributed by atoms with Crippen LogP contribution in [0.15, 0.2) is 0 Å². The third-order valence-corrected chi connectivity index (χ3v) is 3.20. The molecule has 2 bridgehead atoms. The number of ether oxygens (including phenoxy) is 1. The molecular weight excluding hydrogens is 211 g/mol. The van der Waals surface area contributed by atoms with Crippen molar-refractivity contribution < 1.29 is 8.85 Å². The number of hydrogen-bond acceptors (Lipinski definition) is 3. The van der Waals surface area contributed by atoms with Crippen molar-refractivity contribution in [1.29, 1.82) is 0 Å². The van der Waals surface area contributed by atoms with E-state index >= 15 is 0 Å². The topological polar surface area (TPSA) is 24.5 Å². The van der Waals surface area contributed by atoms with Crippen molar-refractivity contribution in [3.05, 3.63) is 0 Å². The van der Waals surface area contributed by atoms with Crippen LogP contribution >= 0.6 is 24.8 Å². The summed E-state index contributed by atoms with van der Waals surface area (Å²) in [6.07, 6.45) is 1.42. The predicted octanol–water partition coefficient (Wildman–Crippen LogP) is 0.273. The quantitative estimate of drug-likeness (QED) is 0.700. The highest BCUT2D eigenvalue weighted by Gasteiger charge is 2.56. The minimum Gasteiger partial charge on any atom is -0.370 e. The van der Waals surface area contributed by atoms with Gasteiger partial charge in [-0.15, -0.1) is 24.8 Å². The van der Waals surface area contributed by atoms with Crippen LogP contribution < -0.4 is 5.32 Å². The fourth-order valence-electron chi connectivity index (χ4n) is 2.76. The van der Waals surface area contributed by atoms with Gasteiger partial charge in [0.2, 0.25) is 0 Å². The summed E-state index contributed by atoms with van der Waals surface area (Å²) >= 11 is 0. The number of morpholine rings is 1. The van der Waals surface area contributed by atoms with E-state index in [4.69, 9.17) is 8.85 Å². The van der Waals surface area contributed by atoms with E-state index in [1.807, 2.05) is 0 Å². The van der Waals surface area contributed by atoms with Gasteiger partial charge in [-0.25, -0.2) is 0 Å². The van der Waals surface area contributed by atoms with Gasteiger partial charge in [0.25, 0.3) is 0 Å². The Morgan fingerprint density at radius 2 is 2.31 bits per heavy atom. The molecule has 1 unspecified atom stereocenters. The maximum Gasteiger partial charge on any atom is 0.0875 e. The highest BCUT2D eigenvalue weighted by atomic mass is 35.5. The summed E-state index contributed by atoms with van der Waals surface area (Å²) < 4.78 is 27.4. The second kappa shape index (κ2) is 3.91. The number of likely N-dealkylation sites (N-methyl/N-ethyl adjacent to an activating group) is 1. The van der Waals surface area contributed by atoms with Gasteiger partial charge in [0.1, 0.15) is 0 Å². The molecule has 0 aromatic rings. The molecule has 4 atom stereocenters. The Labute approximate surface area is 95.2 Å². The molecule has 78 valence electrons. The average molecular weight is 230 g/mol. The molecule has 3 aliphatic rings. The van der Waals surface area contributed by atoms with E-state index in [9.17, 15) is 0 Å². The standard InChI is InChI=1S/C8H14N2O.2ClH/c1-9-7-6-4-10-3-2-5(11-6)8(7)10;;/h5-9H,2-4H2,1H3;2*1H/t5?,6-,7+,8-;;/m1../s1/i1D3;;. The van der Waals surface area contributed by atoms with Gasteiger partial charge in [-0.1, -0.05) is 0 Å². The van der Waals surface area contributed by atoms with Crippen LogP contribution in [0.5, 0.6) is 0 Å². The van der Waals surface area contributed by atoms with Crippen molar-refractivity contribution >= 4 is 24.8 Å². The summed E-state index contributed by atoms with van der Waals surface area (Å²) in [6.45, 7) is -0.0836. The first-order chi connectivity index (χ1) is 6.54. The number of fused-ring (bicyclic) bond motifs is 1. The lowest BCUT2D eigenvalue weighted by atomic mass is 10.1. The fraction of sp³-hybridized carbons (Fsp3) is 1.00. The molecule has 3 aliphatic heterocycles. The Morgan fingerprint density at radius 1 is 1.46 bits per heavy atom. The second-order valence-corrected chi connectivity index (χ2v) is 3.66. The molecule has 5 heteroatoms. The number of halogens is 2. The maximum absolute atomic E-state index is 7.20. The predicted molar refractivity (Wildman–Crippen MR) is 56.0 cm³/mol. The number of nitrogens with zero attached hydrogens (tertiary/aromatic N) is 1. The molecule has 3 fully saturated rings. The Balaban J connectivity index is 0.000000640. The minimum absolute atomic E-state index is 0. The molecular formula is C8H16Cl2N2O. The van der Waals surface area contributed by atoms with Gasteiger partial charge in [0.05, 0.1) is 24.3 Å². The lowest BCUT2D eigenvalue weighted by Crippen LogP contribution is -2.40. The van der Waals surface area contributed by atoms with Gasteiger partial charge in [-0.05, 0) is 13.4 Å². The van der Waals surface area contributed by atoms with Crippen LogP contribution in [-0.4, -0.2) is 49.3 Å². The van der Waals surface area contributed by atoms with Gasteiger partial charge >= 0.3 is 0 Å². The Morgan fingerprint density at radius 3 is 3.00 bits per heavy atom. The molecule has 1 N–H and O–H groups in total. The molecule has 0 aromatic heterocycles. The third-order valence-electron chi connectivity index (χ3n) is 3.20. The number of nitrogens with one attached hydrogen (secondary N) is 1. The molecule has 0 radical (unpaired) electrons. The Hall–Kier alpha value is 0.460. The van der Waals surface area contributed by atoms with Crippen molar-refractivity contribution in [2.24, 2.45) is 0 Å².